The average Bonchev–Trinajstić information content (AvgIpc) is 2.72. The molecule has 0 amide bonds. The Hall–Kier alpha value is -2.72. The van der Waals surface area contributed by atoms with Crippen LogP contribution in [0.3, 0.4) is 0 Å². The van der Waals surface area contributed by atoms with Crippen molar-refractivity contribution in [2.45, 2.75) is 0 Å². The molecule has 146 valence electrons. The number of halogens is 4. The first kappa shape index (κ1) is 22.0. The molecule has 0 unspecified atom stereocenters. The summed E-state index contributed by atoms with van der Waals surface area (Å²) in [5, 5.41) is 21.1. The second-order valence-corrected chi connectivity index (χ2v) is 7.90. The van der Waals surface area contributed by atoms with Gasteiger partial charge in [-0.25, -0.2) is 0 Å². The third kappa shape index (κ3) is 5.06. The minimum absolute atomic E-state index is 0.376. The monoisotopic (exact) mass is 468 g/mol. The molecule has 0 atom stereocenters. The lowest BCUT2D eigenvalue weighted by atomic mass is 9.97. The van der Waals surface area contributed by atoms with E-state index in [0.29, 0.717) is 42.4 Å². The van der Waals surface area contributed by atoms with Gasteiger partial charge in [0.05, 0.1) is 33.3 Å². The van der Waals surface area contributed by atoms with E-state index >= 15 is 0 Å². The van der Waals surface area contributed by atoms with Crippen molar-refractivity contribution >= 4 is 69.7 Å². The van der Waals surface area contributed by atoms with Gasteiger partial charge in [-0.15, -0.1) is 0 Å². The molecule has 0 spiro atoms. The van der Waals surface area contributed by atoms with Gasteiger partial charge in [-0.2, -0.15) is 10.5 Å². The Labute approximate surface area is 194 Å². The fourth-order valence-electron chi connectivity index (χ4n) is 2.84. The predicted octanol–water partition coefficient (Wildman–Crippen LogP) is 8.43. The number of nitrogens with zero attached hydrogens (tertiary/aromatic N) is 2. The number of benzene rings is 3. The zero-order valence-corrected chi connectivity index (χ0v) is 18.4. The molecular formula is C24H12Cl4N2. The summed E-state index contributed by atoms with van der Waals surface area (Å²) in [6, 6.07) is 21.7. The molecule has 0 saturated heterocycles. The zero-order valence-electron chi connectivity index (χ0n) is 15.3. The summed E-state index contributed by atoms with van der Waals surface area (Å²) in [6.45, 7) is 0. The van der Waals surface area contributed by atoms with Gasteiger partial charge >= 0.3 is 0 Å². The van der Waals surface area contributed by atoms with Crippen LogP contribution in [-0.4, -0.2) is 0 Å². The summed E-state index contributed by atoms with van der Waals surface area (Å²) in [5.74, 6) is 0. The van der Waals surface area contributed by atoms with E-state index in [0.717, 1.165) is 11.1 Å². The van der Waals surface area contributed by atoms with E-state index in [1.807, 2.05) is 24.3 Å². The first-order chi connectivity index (χ1) is 14.4. The summed E-state index contributed by atoms with van der Waals surface area (Å²) < 4.78 is 0. The second kappa shape index (κ2) is 9.86. The fraction of sp³-hybridized carbons (Fsp3) is 0. The summed E-state index contributed by atoms with van der Waals surface area (Å²) in [5.41, 5.74) is 3.39. The van der Waals surface area contributed by atoms with Crippen molar-refractivity contribution in [3.63, 3.8) is 0 Å². The van der Waals surface area contributed by atoms with E-state index in [4.69, 9.17) is 46.4 Å². The van der Waals surface area contributed by atoms with Crippen LogP contribution in [0, 0.1) is 22.7 Å². The highest BCUT2D eigenvalue weighted by Crippen LogP contribution is 2.31. The van der Waals surface area contributed by atoms with Crippen molar-refractivity contribution in [2.75, 3.05) is 0 Å². The maximum Gasteiger partial charge on any atom is 0.0998 e. The molecule has 0 radical (unpaired) electrons. The highest BCUT2D eigenvalue weighted by Gasteiger charge is 2.11. The molecule has 0 aliphatic carbocycles. The Morgan fingerprint density at radius 3 is 1.37 bits per heavy atom. The van der Waals surface area contributed by atoms with Gasteiger partial charge in [0.25, 0.3) is 0 Å². The second-order valence-electron chi connectivity index (χ2n) is 6.22. The Morgan fingerprint density at radius 1 is 0.633 bits per heavy atom. The normalized spacial score (nSPS) is 11.7. The highest BCUT2D eigenvalue weighted by atomic mass is 35.5. The minimum Gasteiger partial charge on any atom is -0.192 e. The standard InChI is InChI=1S/C24H12Cl4N2/c25-19-5-7-21(23(27)11-19)17(13-29)9-15-3-1-2-4-16(15)10-18(14-30)22-8-6-20(26)12-24(22)28/h1-12H. The van der Waals surface area contributed by atoms with Crippen LogP contribution in [-0.2, 0) is 0 Å². The largest absolute Gasteiger partial charge is 0.192 e. The molecule has 3 aromatic rings. The lowest BCUT2D eigenvalue weighted by Gasteiger charge is -2.07. The van der Waals surface area contributed by atoms with Crippen LogP contribution in [0.15, 0.2) is 60.7 Å². The Bertz CT molecular complexity index is 1160. The Balaban J connectivity index is 2.11. The Morgan fingerprint density at radius 2 is 1.03 bits per heavy atom. The molecule has 30 heavy (non-hydrogen) atoms. The van der Waals surface area contributed by atoms with Crippen molar-refractivity contribution in [3.8, 4) is 12.1 Å². The molecule has 0 aliphatic heterocycles. The number of nitriles is 2. The van der Waals surface area contributed by atoms with E-state index in [9.17, 15) is 10.5 Å². The zero-order chi connectivity index (χ0) is 21.7. The van der Waals surface area contributed by atoms with Gasteiger partial charge in [0, 0.05) is 21.2 Å². The van der Waals surface area contributed by atoms with E-state index in [1.54, 1.807) is 48.6 Å². The summed E-state index contributed by atoms with van der Waals surface area (Å²) in [6.07, 6.45) is 3.44. The number of hydrogen-bond donors (Lipinski definition) is 0. The van der Waals surface area contributed by atoms with E-state index in [2.05, 4.69) is 12.1 Å². The van der Waals surface area contributed by atoms with Crippen LogP contribution in [0.1, 0.15) is 22.3 Å². The molecule has 0 N–H and O–H groups in total. The third-order valence-corrected chi connectivity index (χ3v) is 5.37. The van der Waals surface area contributed by atoms with Gasteiger partial charge < -0.3 is 0 Å². The van der Waals surface area contributed by atoms with Crippen molar-refractivity contribution in [3.05, 3.63) is 103 Å². The van der Waals surface area contributed by atoms with E-state index < -0.39 is 0 Å². The molecule has 0 saturated carbocycles. The summed E-state index contributed by atoms with van der Waals surface area (Å²) >= 11 is 24.5. The molecule has 0 aromatic heterocycles. The lowest BCUT2D eigenvalue weighted by Crippen LogP contribution is -1.88. The molecule has 3 aromatic carbocycles. The SMILES string of the molecule is N#CC(=Cc1ccccc1C=C(C#N)c1ccc(Cl)cc1Cl)c1ccc(Cl)cc1Cl. The third-order valence-electron chi connectivity index (χ3n) is 4.28. The fourth-order valence-corrected chi connectivity index (χ4v) is 3.86. The van der Waals surface area contributed by atoms with Crippen molar-refractivity contribution < 1.29 is 0 Å². The maximum absolute atomic E-state index is 9.69. The van der Waals surface area contributed by atoms with E-state index in [-0.39, 0.29) is 0 Å². The number of rotatable bonds is 4. The molecule has 0 heterocycles. The summed E-state index contributed by atoms with van der Waals surface area (Å²) in [4.78, 5) is 0. The molecule has 0 bridgehead atoms. The van der Waals surface area contributed by atoms with Crippen LogP contribution in [0.2, 0.25) is 20.1 Å². The van der Waals surface area contributed by atoms with Gasteiger partial charge in [-0.1, -0.05) is 82.8 Å². The Kier molecular flexibility index (Phi) is 7.22. The number of allylic oxidation sites excluding steroid dienone is 2. The van der Waals surface area contributed by atoms with Gasteiger partial charge in [0.15, 0.2) is 0 Å². The number of hydrogen-bond acceptors (Lipinski definition) is 2. The van der Waals surface area contributed by atoms with Crippen LogP contribution < -0.4 is 0 Å². The van der Waals surface area contributed by atoms with Crippen LogP contribution in [0.25, 0.3) is 23.3 Å². The predicted molar refractivity (Wildman–Crippen MR) is 126 cm³/mol. The van der Waals surface area contributed by atoms with Gasteiger partial charge in [-0.3, -0.25) is 0 Å². The lowest BCUT2D eigenvalue weighted by molar-refractivity contribution is 1.51. The van der Waals surface area contributed by atoms with Crippen LogP contribution in [0.5, 0.6) is 0 Å². The van der Waals surface area contributed by atoms with Gasteiger partial charge in [-0.05, 0) is 47.5 Å². The van der Waals surface area contributed by atoms with Crippen molar-refractivity contribution in [2.24, 2.45) is 0 Å². The first-order valence-electron chi connectivity index (χ1n) is 8.66. The molecule has 0 aliphatic rings. The quantitative estimate of drug-likeness (QED) is 0.284. The van der Waals surface area contributed by atoms with E-state index in [1.165, 1.54) is 0 Å². The molecule has 0 fully saturated rings. The van der Waals surface area contributed by atoms with Crippen molar-refractivity contribution in [1.82, 2.24) is 0 Å². The van der Waals surface area contributed by atoms with Gasteiger partial charge in [0.1, 0.15) is 0 Å². The topological polar surface area (TPSA) is 47.6 Å². The minimum atomic E-state index is 0.376. The smallest absolute Gasteiger partial charge is 0.0998 e. The van der Waals surface area contributed by atoms with Crippen LogP contribution >= 0.6 is 46.4 Å². The maximum atomic E-state index is 9.69. The molecule has 3 rings (SSSR count). The average molecular weight is 470 g/mol. The van der Waals surface area contributed by atoms with Gasteiger partial charge in [0.2, 0.25) is 0 Å². The molecular weight excluding hydrogens is 458 g/mol. The van der Waals surface area contributed by atoms with Crippen molar-refractivity contribution in [1.29, 1.82) is 10.5 Å². The van der Waals surface area contributed by atoms with Crippen LogP contribution in [0.4, 0.5) is 0 Å². The molecule has 6 heteroatoms. The highest BCUT2D eigenvalue weighted by molar-refractivity contribution is 6.36. The summed E-state index contributed by atoms with van der Waals surface area (Å²) in [7, 11) is 0. The molecule has 2 nitrogen and oxygen atoms in total. The first-order valence-corrected chi connectivity index (χ1v) is 10.2.